The van der Waals surface area contributed by atoms with Gasteiger partial charge in [0.1, 0.15) is 12.0 Å². The second-order valence-corrected chi connectivity index (χ2v) is 4.19. The third kappa shape index (κ3) is 2.54. The SMILES string of the molecule is COc1c(/C(C)=C/C(C)C)coc(=O)c1C. The summed E-state index contributed by atoms with van der Waals surface area (Å²) in [6.07, 6.45) is 3.57. The standard InChI is InChI=1S/C13H18O3/c1-8(2)6-9(3)11-7-16-13(14)10(4)12(11)15-5/h6-8H,1-5H3/b9-6+. The fourth-order valence-corrected chi connectivity index (χ4v) is 1.67. The van der Waals surface area contributed by atoms with Gasteiger partial charge in [0.2, 0.25) is 0 Å². The molecule has 0 spiro atoms. The third-order valence-corrected chi connectivity index (χ3v) is 2.39. The molecule has 3 heteroatoms. The van der Waals surface area contributed by atoms with E-state index >= 15 is 0 Å². The molecule has 1 rings (SSSR count). The maximum Gasteiger partial charge on any atom is 0.342 e. The number of allylic oxidation sites excluding steroid dienone is 2. The lowest BCUT2D eigenvalue weighted by Gasteiger charge is -2.10. The minimum Gasteiger partial charge on any atom is -0.495 e. The second kappa shape index (κ2) is 5.01. The molecule has 0 amide bonds. The predicted molar refractivity (Wildman–Crippen MR) is 64.8 cm³/mol. The molecule has 0 unspecified atom stereocenters. The monoisotopic (exact) mass is 222 g/mol. The summed E-state index contributed by atoms with van der Waals surface area (Å²) < 4.78 is 10.2. The molecule has 0 aliphatic heterocycles. The van der Waals surface area contributed by atoms with Gasteiger partial charge in [-0.2, -0.15) is 0 Å². The lowest BCUT2D eigenvalue weighted by atomic mass is 10.0. The lowest BCUT2D eigenvalue weighted by molar-refractivity contribution is 0.395. The molecule has 88 valence electrons. The lowest BCUT2D eigenvalue weighted by Crippen LogP contribution is -2.07. The molecule has 0 aromatic carbocycles. The van der Waals surface area contributed by atoms with Crippen LogP contribution in [-0.4, -0.2) is 7.11 Å². The van der Waals surface area contributed by atoms with Crippen molar-refractivity contribution in [3.8, 4) is 5.75 Å². The normalized spacial score (nSPS) is 12.0. The number of rotatable bonds is 3. The molecule has 0 aliphatic rings. The topological polar surface area (TPSA) is 39.4 Å². The van der Waals surface area contributed by atoms with Crippen LogP contribution in [-0.2, 0) is 0 Å². The average Bonchev–Trinajstić information content (AvgIpc) is 2.20. The van der Waals surface area contributed by atoms with E-state index < -0.39 is 0 Å². The van der Waals surface area contributed by atoms with Crippen LogP contribution >= 0.6 is 0 Å². The van der Waals surface area contributed by atoms with Crippen LogP contribution in [0.3, 0.4) is 0 Å². The van der Waals surface area contributed by atoms with E-state index in [2.05, 4.69) is 19.9 Å². The highest BCUT2D eigenvalue weighted by atomic mass is 16.5. The van der Waals surface area contributed by atoms with Gasteiger partial charge in [0.05, 0.1) is 18.2 Å². The first kappa shape index (κ1) is 12.6. The van der Waals surface area contributed by atoms with E-state index in [4.69, 9.17) is 9.15 Å². The summed E-state index contributed by atoms with van der Waals surface area (Å²) in [7, 11) is 1.56. The quantitative estimate of drug-likeness (QED) is 0.789. The number of methoxy groups -OCH3 is 1. The van der Waals surface area contributed by atoms with Gasteiger partial charge < -0.3 is 9.15 Å². The van der Waals surface area contributed by atoms with Crippen LogP contribution in [0, 0.1) is 12.8 Å². The Morgan fingerprint density at radius 2 is 2.12 bits per heavy atom. The van der Waals surface area contributed by atoms with Crippen molar-refractivity contribution < 1.29 is 9.15 Å². The first-order chi connectivity index (χ1) is 7.47. The van der Waals surface area contributed by atoms with Crippen LogP contribution in [0.4, 0.5) is 0 Å². The van der Waals surface area contributed by atoms with Gasteiger partial charge >= 0.3 is 5.63 Å². The largest absolute Gasteiger partial charge is 0.495 e. The Bertz CT molecular complexity index is 453. The van der Waals surface area contributed by atoms with E-state index in [1.165, 1.54) is 6.26 Å². The molecule has 0 atom stereocenters. The van der Waals surface area contributed by atoms with E-state index in [0.29, 0.717) is 17.2 Å². The van der Waals surface area contributed by atoms with Crippen molar-refractivity contribution >= 4 is 5.57 Å². The Morgan fingerprint density at radius 3 is 2.62 bits per heavy atom. The smallest absolute Gasteiger partial charge is 0.342 e. The van der Waals surface area contributed by atoms with E-state index in [-0.39, 0.29) is 5.63 Å². The van der Waals surface area contributed by atoms with Crippen LogP contribution in [0.15, 0.2) is 21.6 Å². The van der Waals surface area contributed by atoms with Gasteiger partial charge in [0, 0.05) is 0 Å². The van der Waals surface area contributed by atoms with Crippen molar-refractivity contribution in [2.45, 2.75) is 27.7 Å². The van der Waals surface area contributed by atoms with Crippen LogP contribution in [0.1, 0.15) is 31.9 Å². The highest BCUT2D eigenvalue weighted by Gasteiger charge is 2.12. The Balaban J connectivity index is 3.35. The summed E-state index contributed by atoms with van der Waals surface area (Å²) in [6, 6.07) is 0. The van der Waals surface area contributed by atoms with Crippen molar-refractivity contribution in [3.05, 3.63) is 33.9 Å². The molecule has 0 fully saturated rings. The van der Waals surface area contributed by atoms with Gasteiger partial charge in [-0.15, -0.1) is 0 Å². The first-order valence-corrected chi connectivity index (χ1v) is 5.32. The van der Waals surface area contributed by atoms with Gasteiger partial charge in [0.25, 0.3) is 0 Å². The van der Waals surface area contributed by atoms with E-state index in [9.17, 15) is 4.79 Å². The third-order valence-electron chi connectivity index (χ3n) is 2.39. The average molecular weight is 222 g/mol. The van der Waals surface area contributed by atoms with E-state index in [1.54, 1.807) is 14.0 Å². The first-order valence-electron chi connectivity index (χ1n) is 5.32. The summed E-state index contributed by atoms with van der Waals surface area (Å²) in [5.74, 6) is 1.04. The minimum atomic E-state index is -0.349. The van der Waals surface area contributed by atoms with Gasteiger partial charge in [-0.05, 0) is 25.3 Å². The zero-order valence-electron chi connectivity index (χ0n) is 10.5. The molecule has 0 aliphatic carbocycles. The molecule has 0 saturated carbocycles. The van der Waals surface area contributed by atoms with Crippen LogP contribution in [0.25, 0.3) is 5.57 Å². The number of ether oxygens (including phenoxy) is 1. The predicted octanol–water partition coefficient (Wildman–Crippen LogP) is 3.02. The van der Waals surface area contributed by atoms with Crippen molar-refractivity contribution in [2.24, 2.45) is 5.92 Å². The Hall–Kier alpha value is -1.51. The fourth-order valence-electron chi connectivity index (χ4n) is 1.67. The highest BCUT2D eigenvalue weighted by molar-refractivity contribution is 5.69. The fraction of sp³-hybridized carbons (Fsp3) is 0.462. The van der Waals surface area contributed by atoms with Crippen LogP contribution in [0.2, 0.25) is 0 Å². The number of hydrogen-bond acceptors (Lipinski definition) is 3. The summed E-state index contributed by atoms with van der Waals surface area (Å²) in [4.78, 5) is 11.3. The highest BCUT2D eigenvalue weighted by Crippen LogP contribution is 2.27. The molecular formula is C13H18O3. The van der Waals surface area contributed by atoms with Gasteiger partial charge in [-0.25, -0.2) is 4.79 Å². The Kier molecular flexibility index (Phi) is 3.93. The van der Waals surface area contributed by atoms with Crippen molar-refractivity contribution in [1.82, 2.24) is 0 Å². The summed E-state index contributed by atoms with van der Waals surface area (Å²) in [5.41, 5.74) is 2.06. The summed E-state index contributed by atoms with van der Waals surface area (Å²) in [6.45, 7) is 7.89. The molecule has 0 radical (unpaired) electrons. The van der Waals surface area contributed by atoms with Crippen molar-refractivity contribution in [1.29, 1.82) is 0 Å². The number of hydrogen-bond donors (Lipinski definition) is 0. The van der Waals surface area contributed by atoms with Crippen molar-refractivity contribution in [2.75, 3.05) is 7.11 Å². The molecule has 1 aromatic rings. The molecule has 3 nitrogen and oxygen atoms in total. The van der Waals surface area contributed by atoms with Crippen LogP contribution in [0.5, 0.6) is 5.75 Å². The molecule has 1 aromatic heterocycles. The molecule has 0 N–H and O–H groups in total. The Labute approximate surface area is 95.7 Å². The Morgan fingerprint density at radius 1 is 1.50 bits per heavy atom. The van der Waals surface area contributed by atoms with E-state index in [1.807, 2.05) is 6.92 Å². The van der Waals surface area contributed by atoms with Crippen LogP contribution < -0.4 is 10.4 Å². The molecule has 1 heterocycles. The molecule has 0 bridgehead atoms. The zero-order valence-corrected chi connectivity index (χ0v) is 10.5. The zero-order chi connectivity index (χ0) is 12.3. The maximum absolute atomic E-state index is 11.3. The molecule has 0 saturated heterocycles. The van der Waals surface area contributed by atoms with Crippen molar-refractivity contribution in [3.63, 3.8) is 0 Å². The molecular weight excluding hydrogens is 204 g/mol. The van der Waals surface area contributed by atoms with Gasteiger partial charge in [0.15, 0.2) is 0 Å². The minimum absolute atomic E-state index is 0.349. The van der Waals surface area contributed by atoms with E-state index in [0.717, 1.165) is 11.1 Å². The maximum atomic E-state index is 11.3. The second-order valence-electron chi connectivity index (χ2n) is 4.19. The summed E-state index contributed by atoms with van der Waals surface area (Å²) >= 11 is 0. The molecule has 16 heavy (non-hydrogen) atoms. The van der Waals surface area contributed by atoms with Gasteiger partial charge in [-0.1, -0.05) is 19.9 Å². The van der Waals surface area contributed by atoms with Gasteiger partial charge in [-0.3, -0.25) is 0 Å². The summed E-state index contributed by atoms with van der Waals surface area (Å²) in [5, 5.41) is 0.